The first-order chi connectivity index (χ1) is 17.9. The molecular weight excluding hydrogens is 474 g/mol. The lowest BCUT2D eigenvalue weighted by Gasteiger charge is -2.45. The topological polar surface area (TPSA) is 95.5 Å². The number of carbonyl (C=O) groups is 1. The van der Waals surface area contributed by atoms with E-state index < -0.39 is 23.0 Å². The summed E-state index contributed by atoms with van der Waals surface area (Å²) in [5.74, 6) is 1.82. The van der Waals surface area contributed by atoms with Gasteiger partial charge in [-0.3, -0.25) is 4.79 Å². The molecular formula is C29H31NO7. The third-order valence-electron chi connectivity index (χ3n) is 7.56. The summed E-state index contributed by atoms with van der Waals surface area (Å²) in [6, 6.07) is 18.8. The number of hydrogen-bond acceptors (Lipinski definition) is 7. The van der Waals surface area contributed by atoms with Crippen LogP contribution in [0.25, 0.3) is 0 Å². The predicted molar refractivity (Wildman–Crippen MR) is 137 cm³/mol. The fourth-order valence-corrected chi connectivity index (χ4v) is 5.73. The number of fused-ring (bicyclic) bond motifs is 1. The quantitative estimate of drug-likeness (QED) is 0.450. The third kappa shape index (κ3) is 3.83. The highest BCUT2D eigenvalue weighted by Gasteiger charge is 2.75. The van der Waals surface area contributed by atoms with E-state index in [1.807, 2.05) is 42.5 Å². The predicted octanol–water partition coefficient (Wildman–Crippen LogP) is 4.03. The Kier molecular flexibility index (Phi) is 6.37. The number of carboxylic acids is 1. The standard InChI is InChI=1S/C29H31NO7/c1-33-20-13-21(34-2)15-22(14-20)37-26-17-28(26,27(31)32)29(19-8-6-5-7-9-19)23-16-25(36-4)24(35-3)12-18(23)10-11-30-29/h5-9,12-16,26,30H,10-11,17H2,1-4H3,(H,31,32)/t26?,28?,29-/m0/s1. The Balaban J connectivity index is 1.68. The number of ether oxygens (including phenoxy) is 5. The van der Waals surface area contributed by atoms with Crippen LogP contribution in [0, 0.1) is 5.41 Å². The molecule has 194 valence electrons. The molecule has 2 N–H and O–H groups in total. The maximum absolute atomic E-state index is 13.3. The molecule has 3 aromatic rings. The minimum Gasteiger partial charge on any atom is -0.496 e. The van der Waals surface area contributed by atoms with E-state index in [0.717, 1.165) is 23.1 Å². The van der Waals surface area contributed by atoms with Gasteiger partial charge in [-0.1, -0.05) is 30.3 Å². The Morgan fingerprint density at radius 3 is 2.08 bits per heavy atom. The van der Waals surface area contributed by atoms with E-state index in [-0.39, 0.29) is 0 Å². The molecule has 1 saturated carbocycles. The van der Waals surface area contributed by atoms with E-state index >= 15 is 0 Å². The highest BCUT2D eigenvalue weighted by Crippen LogP contribution is 2.64. The van der Waals surface area contributed by atoms with Crippen molar-refractivity contribution in [2.45, 2.75) is 24.5 Å². The van der Waals surface area contributed by atoms with Gasteiger partial charge in [-0.05, 0) is 35.2 Å². The van der Waals surface area contributed by atoms with Gasteiger partial charge in [-0.25, -0.2) is 0 Å². The van der Waals surface area contributed by atoms with E-state index in [2.05, 4.69) is 5.32 Å². The second kappa shape index (κ2) is 9.52. The van der Waals surface area contributed by atoms with Gasteiger partial charge >= 0.3 is 5.97 Å². The maximum Gasteiger partial charge on any atom is 0.316 e. The molecule has 1 aliphatic carbocycles. The summed E-state index contributed by atoms with van der Waals surface area (Å²) in [6.45, 7) is 0.589. The molecule has 0 spiro atoms. The van der Waals surface area contributed by atoms with E-state index in [1.54, 1.807) is 46.6 Å². The first-order valence-electron chi connectivity index (χ1n) is 12.1. The Bertz CT molecular complexity index is 1290. The van der Waals surface area contributed by atoms with Crippen LogP contribution < -0.4 is 29.0 Å². The van der Waals surface area contributed by atoms with Gasteiger partial charge < -0.3 is 34.1 Å². The minimum atomic E-state index is -1.29. The zero-order valence-corrected chi connectivity index (χ0v) is 21.4. The first kappa shape index (κ1) is 24.8. The van der Waals surface area contributed by atoms with Crippen molar-refractivity contribution in [3.05, 3.63) is 77.4 Å². The number of carboxylic acid groups (broad SMARTS) is 1. The summed E-state index contributed by atoms with van der Waals surface area (Å²) in [5, 5.41) is 14.5. The lowest BCUT2D eigenvalue weighted by molar-refractivity contribution is -0.148. The smallest absolute Gasteiger partial charge is 0.316 e. The molecule has 37 heavy (non-hydrogen) atoms. The van der Waals surface area contributed by atoms with Crippen molar-refractivity contribution in [2.24, 2.45) is 5.41 Å². The first-order valence-corrected chi connectivity index (χ1v) is 12.1. The normalized spacial score (nSPS) is 23.9. The van der Waals surface area contributed by atoms with Crippen LogP contribution in [0.15, 0.2) is 60.7 Å². The molecule has 5 rings (SSSR count). The maximum atomic E-state index is 13.3. The van der Waals surface area contributed by atoms with Crippen LogP contribution in [0.5, 0.6) is 28.7 Å². The van der Waals surface area contributed by atoms with Gasteiger partial charge in [0.05, 0.1) is 34.0 Å². The lowest BCUT2D eigenvalue weighted by atomic mass is 9.66. The average Bonchev–Trinajstić information content (AvgIpc) is 3.67. The van der Waals surface area contributed by atoms with Crippen molar-refractivity contribution in [3.63, 3.8) is 0 Å². The van der Waals surface area contributed by atoms with Crippen molar-refractivity contribution >= 4 is 5.97 Å². The molecule has 0 bridgehead atoms. The molecule has 3 aromatic carbocycles. The third-order valence-corrected chi connectivity index (χ3v) is 7.56. The van der Waals surface area contributed by atoms with E-state index in [0.29, 0.717) is 41.7 Å². The van der Waals surface area contributed by atoms with Crippen LogP contribution in [0.3, 0.4) is 0 Å². The van der Waals surface area contributed by atoms with Gasteiger partial charge in [0.1, 0.15) is 28.8 Å². The summed E-state index contributed by atoms with van der Waals surface area (Å²) in [5.41, 5.74) is 0.342. The molecule has 8 nitrogen and oxygen atoms in total. The summed E-state index contributed by atoms with van der Waals surface area (Å²) < 4.78 is 28.3. The molecule has 1 fully saturated rings. The van der Waals surface area contributed by atoms with Gasteiger partial charge in [-0.2, -0.15) is 0 Å². The Labute approximate surface area is 216 Å². The molecule has 0 saturated heterocycles. The van der Waals surface area contributed by atoms with Crippen molar-refractivity contribution in [3.8, 4) is 28.7 Å². The fourth-order valence-electron chi connectivity index (χ4n) is 5.73. The summed E-state index contributed by atoms with van der Waals surface area (Å²) in [6.07, 6.45) is 0.407. The molecule has 1 heterocycles. The minimum absolute atomic E-state index is 0.303. The van der Waals surface area contributed by atoms with Crippen molar-refractivity contribution in [1.82, 2.24) is 5.32 Å². The zero-order valence-electron chi connectivity index (χ0n) is 21.4. The van der Waals surface area contributed by atoms with Gasteiger partial charge in [0.25, 0.3) is 0 Å². The van der Waals surface area contributed by atoms with E-state index in [1.165, 1.54) is 0 Å². The van der Waals surface area contributed by atoms with Crippen LogP contribution in [-0.4, -0.2) is 52.2 Å². The Hall–Kier alpha value is -3.91. The van der Waals surface area contributed by atoms with Gasteiger partial charge in [0, 0.05) is 31.2 Å². The molecule has 3 atom stereocenters. The second-order valence-electron chi connectivity index (χ2n) is 9.29. The molecule has 8 heteroatoms. The molecule has 0 aromatic heterocycles. The van der Waals surface area contributed by atoms with Crippen molar-refractivity contribution < 1.29 is 33.6 Å². The zero-order chi connectivity index (χ0) is 26.2. The van der Waals surface area contributed by atoms with Gasteiger partial charge in [0.2, 0.25) is 0 Å². The number of methoxy groups -OCH3 is 4. The van der Waals surface area contributed by atoms with Crippen molar-refractivity contribution in [1.29, 1.82) is 0 Å². The molecule has 2 unspecified atom stereocenters. The number of rotatable bonds is 9. The summed E-state index contributed by atoms with van der Waals surface area (Å²) in [4.78, 5) is 13.3. The molecule has 2 aliphatic rings. The Morgan fingerprint density at radius 2 is 1.49 bits per heavy atom. The van der Waals surface area contributed by atoms with Crippen LogP contribution in [0.1, 0.15) is 23.1 Å². The monoisotopic (exact) mass is 505 g/mol. The van der Waals surface area contributed by atoms with E-state index in [4.69, 9.17) is 23.7 Å². The Morgan fingerprint density at radius 1 is 0.865 bits per heavy atom. The number of benzene rings is 3. The number of nitrogens with one attached hydrogen (secondary N) is 1. The van der Waals surface area contributed by atoms with Crippen LogP contribution >= 0.6 is 0 Å². The number of hydrogen-bond donors (Lipinski definition) is 2. The van der Waals surface area contributed by atoms with Gasteiger partial charge in [0.15, 0.2) is 11.5 Å². The van der Waals surface area contributed by atoms with Crippen molar-refractivity contribution in [2.75, 3.05) is 35.0 Å². The van der Waals surface area contributed by atoms with Gasteiger partial charge in [-0.15, -0.1) is 0 Å². The van der Waals surface area contributed by atoms with E-state index in [9.17, 15) is 9.90 Å². The van der Waals surface area contributed by atoms with Crippen LogP contribution in [-0.2, 0) is 16.8 Å². The molecule has 0 radical (unpaired) electrons. The number of aliphatic carboxylic acids is 1. The van der Waals surface area contributed by atoms with Crippen LogP contribution in [0.4, 0.5) is 0 Å². The summed E-state index contributed by atoms with van der Waals surface area (Å²) >= 11 is 0. The summed E-state index contributed by atoms with van der Waals surface area (Å²) in [7, 11) is 6.30. The SMILES string of the molecule is COc1cc(OC)cc(OC2CC2(C(=O)O)[C@@]2(c3ccccc3)NCCc3cc(OC)c(OC)cc32)c1. The molecule has 1 aliphatic heterocycles. The highest BCUT2D eigenvalue weighted by atomic mass is 16.5. The van der Waals surface area contributed by atoms with Crippen LogP contribution in [0.2, 0.25) is 0 Å². The molecule has 0 amide bonds. The average molecular weight is 506 g/mol. The second-order valence-corrected chi connectivity index (χ2v) is 9.29. The lowest BCUT2D eigenvalue weighted by Crippen LogP contribution is -2.58. The highest BCUT2D eigenvalue weighted by molar-refractivity contribution is 5.84. The fraction of sp³-hybridized carbons (Fsp3) is 0.345. The largest absolute Gasteiger partial charge is 0.496 e.